The molecule has 3 heterocycles. The summed E-state index contributed by atoms with van der Waals surface area (Å²) in [6, 6.07) is 23.6. The van der Waals surface area contributed by atoms with Crippen molar-refractivity contribution in [3.63, 3.8) is 0 Å². The Balaban J connectivity index is 1.21. The monoisotopic (exact) mass is 492 g/mol. The topological polar surface area (TPSA) is 86.8 Å². The van der Waals surface area contributed by atoms with E-state index < -0.39 is 6.09 Å². The standard InChI is InChI=1S/C30H28N4O3/c1-37-30(36)32-18-29(35)34-14-2-3-28(34)27-17-23-9-8-22(16-26(23)33-27)20-6-4-19(5-7-20)21-10-11-25-24(15-21)12-13-31-25/h4-11,13,15-17,28,33H,2-3,12,14,18H2,1H3,(H,32,36). The van der Waals surface area contributed by atoms with Crippen LogP contribution in [0.1, 0.15) is 30.1 Å². The number of methoxy groups -OCH3 is 1. The van der Waals surface area contributed by atoms with Gasteiger partial charge in [0.15, 0.2) is 0 Å². The van der Waals surface area contributed by atoms with E-state index in [1.54, 1.807) is 0 Å². The van der Waals surface area contributed by atoms with Crippen molar-refractivity contribution in [2.45, 2.75) is 25.3 Å². The van der Waals surface area contributed by atoms with Crippen molar-refractivity contribution in [3.8, 4) is 22.3 Å². The number of H-pyrrole nitrogens is 1. The summed E-state index contributed by atoms with van der Waals surface area (Å²) in [5, 5.41) is 3.60. The van der Waals surface area contributed by atoms with Gasteiger partial charge in [-0.15, -0.1) is 0 Å². The number of ether oxygens (including phenoxy) is 1. The highest BCUT2D eigenvalue weighted by atomic mass is 16.5. The number of rotatable bonds is 5. The highest BCUT2D eigenvalue weighted by molar-refractivity contribution is 5.87. The van der Waals surface area contributed by atoms with Crippen LogP contribution in [0, 0.1) is 0 Å². The van der Waals surface area contributed by atoms with E-state index >= 15 is 0 Å². The number of amides is 2. The molecule has 2 amide bonds. The third kappa shape index (κ3) is 4.48. The molecule has 1 fully saturated rings. The quantitative estimate of drug-likeness (QED) is 0.370. The van der Waals surface area contributed by atoms with Crippen LogP contribution >= 0.6 is 0 Å². The smallest absolute Gasteiger partial charge is 0.407 e. The number of hydrogen-bond acceptors (Lipinski definition) is 4. The summed E-state index contributed by atoms with van der Waals surface area (Å²) in [5.74, 6) is -0.108. The minimum Gasteiger partial charge on any atom is -0.453 e. The van der Waals surface area contributed by atoms with Gasteiger partial charge in [-0.3, -0.25) is 9.79 Å². The number of aliphatic imine (C=N–C) groups is 1. The molecule has 6 rings (SSSR count). The van der Waals surface area contributed by atoms with Gasteiger partial charge in [-0.05, 0) is 70.3 Å². The highest BCUT2D eigenvalue weighted by Crippen LogP contribution is 2.35. The molecule has 2 aliphatic heterocycles. The van der Waals surface area contributed by atoms with Gasteiger partial charge in [0.2, 0.25) is 5.91 Å². The Morgan fingerprint density at radius 3 is 2.51 bits per heavy atom. The van der Waals surface area contributed by atoms with E-state index in [9.17, 15) is 9.59 Å². The SMILES string of the molecule is COC(=O)NCC(=O)N1CCCC1c1cc2ccc(-c3ccc(-c4ccc5c(c4)CC=N5)cc3)cc2[nH]1. The molecule has 2 N–H and O–H groups in total. The second-order valence-corrected chi connectivity index (χ2v) is 9.55. The molecule has 3 aromatic carbocycles. The number of nitrogens with one attached hydrogen (secondary N) is 2. The zero-order valence-electron chi connectivity index (χ0n) is 20.7. The van der Waals surface area contributed by atoms with Crippen LogP contribution in [-0.4, -0.2) is 48.3 Å². The van der Waals surface area contributed by atoms with Crippen molar-refractivity contribution in [2.75, 3.05) is 20.2 Å². The van der Waals surface area contributed by atoms with Crippen molar-refractivity contribution in [1.82, 2.24) is 15.2 Å². The maximum Gasteiger partial charge on any atom is 0.407 e. The van der Waals surface area contributed by atoms with E-state index in [0.29, 0.717) is 6.54 Å². The van der Waals surface area contributed by atoms with E-state index in [2.05, 4.69) is 86.8 Å². The molecule has 2 aliphatic rings. The number of carbonyl (C=O) groups excluding carboxylic acids is 2. The summed E-state index contributed by atoms with van der Waals surface area (Å²) in [6.45, 7) is 0.610. The van der Waals surface area contributed by atoms with Crippen LogP contribution in [0.25, 0.3) is 33.2 Å². The Hall–Kier alpha value is -4.39. The number of aromatic amines is 1. The molecule has 0 saturated carbocycles. The van der Waals surface area contributed by atoms with Crippen LogP contribution in [0.4, 0.5) is 10.5 Å². The van der Waals surface area contributed by atoms with Gasteiger partial charge in [-0.2, -0.15) is 0 Å². The first-order chi connectivity index (χ1) is 18.1. The lowest BCUT2D eigenvalue weighted by molar-refractivity contribution is -0.131. The van der Waals surface area contributed by atoms with Crippen LogP contribution in [0.2, 0.25) is 0 Å². The van der Waals surface area contributed by atoms with Crippen molar-refractivity contribution in [1.29, 1.82) is 0 Å². The average molecular weight is 493 g/mol. The van der Waals surface area contributed by atoms with Gasteiger partial charge in [0, 0.05) is 30.4 Å². The van der Waals surface area contributed by atoms with Gasteiger partial charge in [-0.1, -0.05) is 42.5 Å². The number of nitrogens with zero attached hydrogens (tertiary/aromatic N) is 2. The molecule has 0 aliphatic carbocycles. The van der Waals surface area contributed by atoms with Crippen molar-refractivity contribution in [3.05, 3.63) is 78.0 Å². The van der Waals surface area contributed by atoms with Crippen molar-refractivity contribution >= 4 is 34.8 Å². The maximum absolute atomic E-state index is 12.7. The molecular weight excluding hydrogens is 464 g/mol. The molecular formula is C30H28N4O3. The zero-order chi connectivity index (χ0) is 25.4. The van der Waals surface area contributed by atoms with Gasteiger partial charge in [-0.25, -0.2) is 4.79 Å². The van der Waals surface area contributed by atoms with Crippen molar-refractivity contribution in [2.24, 2.45) is 4.99 Å². The Bertz CT molecular complexity index is 1520. The summed E-state index contributed by atoms with van der Waals surface area (Å²) in [5.41, 5.74) is 9.09. The lowest BCUT2D eigenvalue weighted by Gasteiger charge is -2.24. The number of fused-ring (bicyclic) bond motifs is 2. The molecule has 1 atom stereocenters. The Morgan fingerprint density at radius 1 is 1.00 bits per heavy atom. The number of aromatic nitrogens is 1. The molecule has 186 valence electrons. The number of alkyl carbamates (subject to hydrolysis) is 1. The van der Waals surface area contributed by atoms with Crippen LogP contribution in [0.5, 0.6) is 0 Å². The van der Waals surface area contributed by atoms with Crippen LogP contribution in [0.15, 0.2) is 71.7 Å². The van der Waals surface area contributed by atoms with E-state index in [1.807, 2.05) is 11.1 Å². The summed E-state index contributed by atoms with van der Waals surface area (Å²) in [4.78, 5) is 33.9. The number of carbonyl (C=O) groups is 2. The van der Waals surface area contributed by atoms with Crippen molar-refractivity contribution < 1.29 is 14.3 Å². The summed E-state index contributed by atoms with van der Waals surface area (Å²) in [7, 11) is 1.29. The van der Waals surface area contributed by atoms with Crippen LogP contribution < -0.4 is 5.32 Å². The molecule has 7 nitrogen and oxygen atoms in total. The molecule has 1 unspecified atom stereocenters. The Morgan fingerprint density at radius 2 is 1.73 bits per heavy atom. The minimum absolute atomic E-state index is 0.0280. The summed E-state index contributed by atoms with van der Waals surface area (Å²) < 4.78 is 4.58. The zero-order valence-corrected chi connectivity index (χ0v) is 20.7. The van der Waals surface area contributed by atoms with E-state index in [0.717, 1.165) is 52.7 Å². The van der Waals surface area contributed by atoms with Gasteiger partial charge in [0.05, 0.1) is 18.8 Å². The first kappa shape index (κ1) is 23.0. The average Bonchev–Trinajstić information content (AvgIpc) is 3.69. The molecule has 7 heteroatoms. The molecule has 37 heavy (non-hydrogen) atoms. The normalized spacial score (nSPS) is 16.2. The first-order valence-corrected chi connectivity index (χ1v) is 12.6. The van der Waals surface area contributed by atoms with E-state index in [4.69, 9.17) is 0 Å². The fraction of sp³-hybridized carbons (Fsp3) is 0.233. The number of likely N-dealkylation sites (tertiary alicyclic amines) is 1. The highest BCUT2D eigenvalue weighted by Gasteiger charge is 2.31. The molecule has 0 bridgehead atoms. The third-order valence-electron chi connectivity index (χ3n) is 7.32. The largest absolute Gasteiger partial charge is 0.453 e. The fourth-order valence-electron chi connectivity index (χ4n) is 5.37. The maximum atomic E-state index is 12.7. The van der Waals surface area contributed by atoms with Gasteiger partial charge < -0.3 is 19.9 Å². The second-order valence-electron chi connectivity index (χ2n) is 9.55. The Labute approximate surface area is 215 Å². The molecule has 0 radical (unpaired) electrons. The fourth-order valence-corrected chi connectivity index (χ4v) is 5.37. The minimum atomic E-state index is -0.600. The third-order valence-corrected chi connectivity index (χ3v) is 7.32. The van der Waals surface area contributed by atoms with Gasteiger partial charge in [0.25, 0.3) is 0 Å². The molecule has 1 saturated heterocycles. The predicted octanol–water partition coefficient (Wildman–Crippen LogP) is 5.78. The van der Waals surface area contributed by atoms with Crippen LogP contribution in [0.3, 0.4) is 0 Å². The van der Waals surface area contributed by atoms with E-state index in [-0.39, 0.29) is 18.5 Å². The van der Waals surface area contributed by atoms with Gasteiger partial charge in [0.1, 0.15) is 6.54 Å². The van der Waals surface area contributed by atoms with Gasteiger partial charge >= 0.3 is 6.09 Å². The number of benzene rings is 3. The Kier molecular flexibility index (Phi) is 5.96. The summed E-state index contributed by atoms with van der Waals surface area (Å²) >= 11 is 0. The predicted molar refractivity (Wildman–Crippen MR) is 145 cm³/mol. The second kappa shape index (κ2) is 9.58. The molecule has 4 aromatic rings. The molecule has 0 spiro atoms. The molecule has 1 aromatic heterocycles. The first-order valence-electron chi connectivity index (χ1n) is 12.6. The lowest BCUT2D eigenvalue weighted by atomic mass is 9.98. The number of hydrogen-bond donors (Lipinski definition) is 2. The van der Waals surface area contributed by atoms with E-state index in [1.165, 1.54) is 23.8 Å². The lowest BCUT2D eigenvalue weighted by Crippen LogP contribution is -2.39. The van der Waals surface area contributed by atoms with Crippen LogP contribution in [-0.2, 0) is 16.0 Å². The summed E-state index contributed by atoms with van der Waals surface area (Å²) in [6.07, 6.45) is 4.08.